The van der Waals surface area contributed by atoms with Gasteiger partial charge in [0.2, 0.25) is 5.91 Å². The highest BCUT2D eigenvalue weighted by Gasteiger charge is 2.31. The van der Waals surface area contributed by atoms with E-state index in [1.165, 1.54) is 41.3 Å². The number of aryl methyl sites for hydroxylation is 1. The second-order valence-electron chi connectivity index (χ2n) is 8.81. The largest absolute Gasteiger partial charge is 0.361 e. The van der Waals surface area contributed by atoms with Crippen molar-refractivity contribution in [2.45, 2.75) is 57.9 Å². The molecule has 4 rings (SSSR count). The normalized spacial score (nSPS) is 20.0. The Bertz CT molecular complexity index is 903. The van der Waals surface area contributed by atoms with Crippen LogP contribution in [0.5, 0.6) is 0 Å². The number of hydrogen-bond acceptors (Lipinski definition) is 2. The van der Waals surface area contributed by atoms with Crippen molar-refractivity contribution in [1.82, 2.24) is 20.5 Å². The summed E-state index contributed by atoms with van der Waals surface area (Å²) in [5.41, 5.74) is 3.82. The van der Waals surface area contributed by atoms with E-state index in [-0.39, 0.29) is 35.9 Å². The number of rotatable bonds is 5. The van der Waals surface area contributed by atoms with E-state index in [4.69, 9.17) is 0 Å². The number of aromatic amines is 1. The van der Waals surface area contributed by atoms with Crippen molar-refractivity contribution < 1.29 is 4.79 Å². The number of benzene rings is 1. The molecule has 0 spiro atoms. The molecular weight excluding hydrogens is 501 g/mol. The van der Waals surface area contributed by atoms with E-state index in [1.807, 2.05) is 7.05 Å². The van der Waals surface area contributed by atoms with Crippen molar-refractivity contribution in [1.29, 1.82) is 0 Å². The molecule has 1 aromatic heterocycles. The van der Waals surface area contributed by atoms with Gasteiger partial charge in [0.25, 0.3) is 0 Å². The van der Waals surface area contributed by atoms with E-state index in [9.17, 15) is 4.79 Å². The number of aromatic nitrogens is 1. The summed E-state index contributed by atoms with van der Waals surface area (Å²) < 4.78 is 0. The quantitative estimate of drug-likeness (QED) is 0.307. The third-order valence-electron chi connectivity index (χ3n) is 6.72. The van der Waals surface area contributed by atoms with Crippen LogP contribution < -0.4 is 10.6 Å². The Morgan fingerprint density at radius 3 is 2.81 bits per heavy atom. The predicted octanol–water partition coefficient (Wildman–Crippen LogP) is 3.98. The van der Waals surface area contributed by atoms with E-state index in [0.717, 1.165) is 51.3 Å². The van der Waals surface area contributed by atoms with E-state index < -0.39 is 0 Å². The van der Waals surface area contributed by atoms with Crippen molar-refractivity contribution in [2.24, 2.45) is 10.9 Å². The number of fused-ring (bicyclic) bond motifs is 1. The van der Waals surface area contributed by atoms with E-state index >= 15 is 0 Å². The maximum atomic E-state index is 12.8. The third kappa shape index (κ3) is 5.73. The van der Waals surface area contributed by atoms with Crippen LogP contribution in [-0.2, 0) is 11.2 Å². The number of nitrogens with one attached hydrogen (secondary N) is 3. The molecule has 2 aliphatic rings. The molecule has 1 aromatic carbocycles. The molecule has 1 atom stereocenters. The number of guanidine groups is 1. The number of carbonyl (C=O) groups excluding carboxylic acids is 1. The van der Waals surface area contributed by atoms with Gasteiger partial charge in [-0.05, 0) is 43.7 Å². The van der Waals surface area contributed by atoms with Crippen molar-refractivity contribution in [3.8, 4) is 0 Å². The molecule has 1 amide bonds. The first-order valence-corrected chi connectivity index (χ1v) is 11.5. The second-order valence-corrected chi connectivity index (χ2v) is 8.81. The van der Waals surface area contributed by atoms with Crippen LogP contribution in [0.1, 0.15) is 49.7 Å². The number of H-pyrrole nitrogens is 1. The minimum Gasteiger partial charge on any atom is -0.361 e. The maximum Gasteiger partial charge on any atom is 0.225 e. The summed E-state index contributed by atoms with van der Waals surface area (Å²) in [6.45, 7) is 4.60. The Labute approximate surface area is 202 Å². The lowest BCUT2D eigenvalue weighted by atomic mass is 9.88. The highest BCUT2D eigenvalue weighted by molar-refractivity contribution is 14.0. The van der Waals surface area contributed by atoms with Crippen molar-refractivity contribution in [3.63, 3.8) is 0 Å². The zero-order valence-electron chi connectivity index (χ0n) is 18.7. The minimum atomic E-state index is 0. The van der Waals surface area contributed by atoms with Gasteiger partial charge in [0.1, 0.15) is 0 Å². The van der Waals surface area contributed by atoms with Crippen molar-refractivity contribution in [2.75, 3.05) is 26.7 Å². The molecule has 1 aliphatic carbocycles. The molecule has 3 N–H and O–H groups in total. The Balaban J connectivity index is 0.00000272. The fourth-order valence-electron chi connectivity index (χ4n) is 4.96. The Kier molecular flexibility index (Phi) is 8.63. The fraction of sp³-hybridized carbons (Fsp3) is 0.583. The van der Waals surface area contributed by atoms with Crippen LogP contribution in [0.2, 0.25) is 0 Å². The van der Waals surface area contributed by atoms with Gasteiger partial charge in [-0.2, -0.15) is 0 Å². The molecule has 0 bridgehead atoms. The fourth-order valence-corrected chi connectivity index (χ4v) is 4.96. The standard InChI is InChI=1S/C24H35N5O.HI/c1-17-7-6-10-21-19(15-27-22(17)21)11-13-26-24(25-2)28-20-12-14-29(16-20)23(30)18-8-4-3-5-9-18;/h6-7,10,15,18,20,27H,3-5,8-9,11-14,16H2,1-2H3,(H2,25,26,28);1H. The van der Waals surface area contributed by atoms with E-state index in [1.54, 1.807) is 0 Å². The van der Waals surface area contributed by atoms with E-state index in [2.05, 4.69) is 56.8 Å². The number of nitrogens with zero attached hydrogens (tertiary/aromatic N) is 2. The summed E-state index contributed by atoms with van der Waals surface area (Å²) in [7, 11) is 1.81. The number of likely N-dealkylation sites (tertiary alicyclic amines) is 1. The molecule has 170 valence electrons. The molecule has 7 heteroatoms. The van der Waals surface area contributed by atoms with Crippen molar-refractivity contribution in [3.05, 3.63) is 35.5 Å². The number of aliphatic imine (C=N–C) groups is 1. The van der Waals surface area contributed by atoms with E-state index in [0.29, 0.717) is 5.91 Å². The summed E-state index contributed by atoms with van der Waals surface area (Å²) in [6, 6.07) is 6.71. The van der Waals surface area contributed by atoms with Gasteiger partial charge >= 0.3 is 0 Å². The van der Waals surface area contributed by atoms with Gasteiger partial charge in [-0.1, -0.05) is 37.5 Å². The van der Waals surface area contributed by atoms with Crippen LogP contribution >= 0.6 is 24.0 Å². The Morgan fingerprint density at radius 1 is 1.23 bits per heavy atom. The molecule has 1 aliphatic heterocycles. The van der Waals surface area contributed by atoms with Gasteiger partial charge in [0, 0.05) is 55.7 Å². The zero-order valence-corrected chi connectivity index (χ0v) is 21.1. The molecule has 0 radical (unpaired) electrons. The summed E-state index contributed by atoms with van der Waals surface area (Å²) in [5.74, 6) is 1.45. The third-order valence-corrected chi connectivity index (χ3v) is 6.72. The van der Waals surface area contributed by atoms with Crippen LogP contribution in [0.4, 0.5) is 0 Å². The maximum absolute atomic E-state index is 12.8. The molecule has 2 fully saturated rings. The summed E-state index contributed by atoms with van der Waals surface area (Å²) in [6.07, 6.45) is 9.88. The van der Waals surface area contributed by atoms with Gasteiger partial charge in [-0.3, -0.25) is 9.79 Å². The predicted molar refractivity (Wildman–Crippen MR) is 138 cm³/mol. The van der Waals surface area contributed by atoms with Gasteiger partial charge in [0.05, 0.1) is 0 Å². The highest BCUT2D eigenvalue weighted by atomic mass is 127. The van der Waals surface area contributed by atoms with Crippen LogP contribution in [0.3, 0.4) is 0 Å². The number of para-hydroxylation sites is 1. The van der Waals surface area contributed by atoms with Crippen LogP contribution in [0, 0.1) is 12.8 Å². The first-order valence-electron chi connectivity index (χ1n) is 11.5. The van der Waals surface area contributed by atoms with Gasteiger partial charge < -0.3 is 20.5 Å². The summed E-state index contributed by atoms with van der Waals surface area (Å²) in [4.78, 5) is 22.6. The molecular formula is C24H36IN5O. The lowest BCUT2D eigenvalue weighted by Gasteiger charge is -2.26. The average molecular weight is 537 g/mol. The van der Waals surface area contributed by atoms with Gasteiger partial charge in [-0.15, -0.1) is 24.0 Å². The highest BCUT2D eigenvalue weighted by Crippen LogP contribution is 2.27. The summed E-state index contributed by atoms with van der Waals surface area (Å²) in [5, 5.41) is 8.26. The molecule has 1 saturated carbocycles. The Morgan fingerprint density at radius 2 is 2.03 bits per heavy atom. The Hall–Kier alpha value is -1.77. The van der Waals surface area contributed by atoms with Crippen LogP contribution in [-0.4, -0.2) is 54.5 Å². The van der Waals surface area contributed by atoms with Crippen molar-refractivity contribution >= 4 is 46.7 Å². The summed E-state index contributed by atoms with van der Waals surface area (Å²) >= 11 is 0. The average Bonchev–Trinajstić information content (AvgIpc) is 3.41. The first-order chi connectivity index (χ1) is 14.7. The van der Waals surface area contributed by atoms with Crippen LogP contribution in [0.15, 0.2) is 29.4 Å². The molecule has 2 heterocycles. The SMILES string of the molecule is CN=C(NCCc1c[nH]c2c(C)cccc12)NC1CCN(C(=O)C2CCCCC2)C1.I. The topological polar surface area (TPSA) is 72.5 Å². The number of hydrogen-bond donors (Lipinski definition) is 3. The van der Waals surface area contributed by atoms with Gasteiger partial charge in [-0.25, -0.2) is 0 Å². The lowest BCUT2D eigenvalue weighted by Crippen LogP contribution is -2.46. The smallest absolute Gasteiger partial charge is 0.225 e. The molecule has 6 nitrogen and oxygen atoms in total. The number of carbonyl (C=O) groups is 1. The molecule has 1 saturated heterocycles. The second kappa shape index (κ2) is 11.2. The number of halogens is 1. The zero-order chi connectivity index (χ0) is 20.9. The lowest BCUT2D eigenvalue weighted by molar-refractivity contribution is -0.135. The van der Waals surface area contributed by atoms with Crippen LogP contribution in [0.25, 0.3) is 10.9 Å². The number of amides is 1. The minimum absolute atomic E-state index is 0. The van der Waals surface area contributed by atoms with Gasteiger partial charge in [0.15, 0.2) is 5.96 Å². The first kappa shape index (κ1) is 23.9. The monoisotopic (exact) mass is 537 g/mol. The molecule has 2 aromatic rings. The molecule has 1 unspecified atom stereocenters. The molecule has 31 heavy (non-hydrogen) atoms.